The van der Waals surface area contributed by atoms with Gasteiger partial charge in [0.15, 0.2) is 5.03 Å². The van der Waals surface area contributed by atoms with Crippen LogP contribution in [-0.4, -0.2) is 37.4 Å². The molecule has 0 bridgehead atoms. The van der Waals surface area contributed by atoms with Gasteiger partial charge in [0, 0.05) is 37.2 Å². The fourth-order valence-corrected chi connectivity index (χ4v) is 3.43. The second-order valence-corrected chi connectivity index (χ2v) is 8.04. The summed E-state index contributed by atoms with van der Waals surface area (Å²) >= 11 is 0. The van der Waals surface area contributed by atoms with Gasteiger partial charge in [0.05, 0.1) is 23.1 Å². The number of alkyl halides is 3. The maximum atomic E-state index is 13.2. The minimum atomic E-state index is -4.72. The number of sulfonamides is 1. The molecular formula is C17H15F3N6O3S. The number of primary sulfonamides is 1. The first-order valence-corrected chi connectivity index (χ1v) is 10.1. The van der Waals surface area contributed by atoms with Crippen molar-refractivity contribution in [1.82, 2.24) is 9.97 Å². The van der Waals surface area contributed by atoms with Gasteiger partial charge >= 0.3 is 6.18 Å². The number of nitrogens with two attached hydrogens (primary N) is 1. The van der Waals surface area contributed by atoms with E-state index in [9.17, 15) is 26.4 Å². The molecule has 1 saturated heterocycles. The highest BCUT2D eigenvalue weighted by molar-refractivity contribution is 7.89. The van der Waals surface area contributed by atoms with Crippen molar-refractivity contribution in [2.45, 2.75) is 17.6 Å². The second-order valence-electron chi connectivity index (χ2n) is 6.54. The summed E-state index contributed by atoms with van der Waals surface area (Å²) in [6, 6.07) is 4.99. The maximum absolute atomic E-state index is 13.2. The number of rotatable bonds is 4. The predicted octanol–water partition coefficient (Wildman–Crippen LogP) is 1.74. The number of halogens is 3. The van der Waals surface area contributed by atoms with Crippen molar-refractivity contribution in [2.24, 2.45) is 11.1 Å². The lowest BCUT2D eigenvalue weighted by atomic mass is 10.1. The monoisotopic (exact) mass is 440 g/mol. The number of anilines is 2. The van der Waals surface area contributed by atoms with Gasteiger partial charge in [0.2, 0.25) is 0 Å². The molecule has 3 rings (SSSR count). The Morgan fingerprint density at radius 2 is 2.07 bits per heavy atom. The Labute approximate surface area is 169 Å². The van der Waals surface area contributed by atoms with E-state index in [1.54, 1.807) is 4.90 Å². The van der Waals surface area contributed by atoms with E-state index in [-0.39, 0.29) is 29.5 Å². The number of amides is 1. The summed E-state index contributed by atoms with van der Waals surface area (Å²) in [6.07, 6.45) is -2.53. The van der Waals surface area contributed by atoms with Crippen LogP contribution in [0.2, 0.25) is 0 Å². The van der Waals surface area contributed by atoms with Crippen LogP contribution in [0.25, 0.3) is 0 Å². The second kappa shape index (κ2) is 7.88. The highest BCUT2D eigenvalue weighted by Crippen LogP contribution is 2.33. The van der Waals surface area contributed by atoms with Gasteiger partial charge in [-0.15, -0.1) is 0 Å². The van der Waals surface area contributed by atoms with Gasteiger partial charge in [-0.25, -0.2) is 23.5 Å². The van der Waals surface area contributed by atoms with Crippen molar-refractivity contribution in [3.05, 3.63) is 41.7 Å². The van der Waals surface area contributed by atoms with Gasteiger partial charge in [-0.05, 0) is 18.6 Å². The van der Waals surface area contributed by atoms with Crippen molar-refractivity contribution in [2.75, 3.05) is 23.3 Å². The van der Waals surface area contributed by atoms with Crippen molar-refractivity contribution in [1.29, 1.82) is 5.26 Å². The first-order chi connectivity index (χ1) is 14.0. The van der Waals surface area contributed by atoms with Gasteiger partial charge in [0.1, 0.15) is 5.82 Å². The van der Waals surface area contributed by atoms with Gasteiger partial charge < -0.3 is 10.2 Å². The van der Waals surface area contributed by atoms with Crippen LogP contribution in [-0.2, 0) is 16.2 Å². The average molecular weight is 440 g/mol. The smallest absolute Gasteiger partial charge is 0.355 e. The molecular weight excluding hydrogens is 425 g/mol. The van der Waals surface area contributed by atoms with E-state index in [0.29, 0.717) is 25.2 Å². The zero-order valence-electron chi connectivity index (χ0n) is 15.2. The molecule has 9 nitrogen and oxygen atoms in total. The van der Waals surface area contributed by atoms with E-state index in [0.717, 1.165) is 12.3 Å². The Balaban J connectivity index is 1.98. The van der Waals surface area contributed by atoms with Crippen LogP contribution in [0.4, 0.5) is 24.7 Å². The summed E-state index contributed by atoms with van der Waals surface area (Å²) in [5, 5.41) is 15.9. The first-order valence-electron chi connectivity index (χ1n) is 8.51. The van der Waals surface area contributed by atoms with E-state index in [4.69, 9.17) is 10.4 Å². The average Bonchev–Trinajstić information content (AvgIpc) is 3.15. The molecule has 2 aromatic heterocycles. The molecule has 3 N–H and O–H groups in total. The lowest BCUT2D eigenvalue weighted by Gasteiger charge is -2.21. The number of aromatic nitrogens is 2. The quantitative estimate of drug-likeness (QED) is 0.737. The zero-order chi connectivity index (χ0) is 22.1. The van der Waals surface area contributed by atoms with Crippen LogP contribution < -0.4 is 15.4 Å². The van der Waals surface area contributed by atoms with Crippen molar-refractivity contribution >= 4 is 27.4 Å². The summed E-state index contributed by atoms with van der Waals surface area (Å²) in [7, 11) is -4.14. The summed E-state index contributed by atoms with van der Waals surface area (Å²) in [6.45, 7) is 0.571. The summed E-state index contributed by atoms with van der Waals surface area (Å²) < 4.78 is 62.3. The number of nitrogens with zero attached hydrogens (tertiary/aromatic N) is 4. The molecule has 0 aromatic carbocycles. The molecule has 1 amide bonds. The molecule has 13 heteroatoms. The Morgan fingerprint density at radius 3 is 2.67 bits per heavy atom. The topological polar surface area (TPSA) is 142 Å². The largest absolute Gasteiger partial charge is 0.417 e. The third kappa shape index (κ3) is 4.66. The number of hydrogen-bond acceptors (Lipinski definition) is 7. The fraction of sp³-hybridized carbons (Fsp3) is 0.294. The number of carbonyl (C=O) groups is 1. The van der Waals surface area contributed by atoms with Crippen LogP contribution in [0.1, 0.15) is 22.3 Å². The molecule has 3 heterocycles. The summed E-state index contributed by atoms with van der Waals surface area (Å²) in [5.74, 6) is -1.27. The number of nitriles is 1. The number of carbonyl (C=O) groups excluding carboxylic acids is 1. The summed E-state index contributed by atoms with van der Waals surface area (Å²) in [5.41, 5.74) is -1.51. The molecule has 1 aliphatic rings. The van der Waals surface area contributed by atoms with Crippen LogP contribution in [0, 0.1) is 17.2 Å². The Morgan fingerprint density at radius 1 is 1.33 bits per heavy atom. The molecule has 0 saturated carbocycles. The predicted molar refractivity (Wildman–Crippen MR) is 98.7 cm³/mol. The molecule has 0 radical (unpaired) electrons. The molecule has 2 aromatic rings. The number of nitrogens with one attached hydrogen (secondary N) is 1. The lowest BCUT2D eigenvalue weighted by Crippen LogP contribution is -2.26. The molecule has 0 unspecified atom stereocenters. The van der Waals surface area contributed by atoms with Crippen LogP contribution in [0.15, 0.2) is 35.6 Å². The molecule has 1 fully saturated rings. The van der Waals surface area contributed by atoms with Crippen molar-refractivity contribution < 1.29 is 26.4 Å². The van der Waals surface area contributed by atoms with Crippen LogP contribution in [0.5, 0.6) is 0 Å². The molecule has 0 aliphatic carbocycles. The maximum Gasteiger partial charge on any atom is 0.417 e. The van der Waals surface area contributed by atoms with Crippen LogP contribution in [0.3, 0.4) is 0 Å². The lowest BCUT2D eigenvalue weighted by molar-refractivity contribution is -0.137. The van der Waals surface area contributed by atoms with E-state index in [1.165, 1.54) is 6.07 Å². The van der Waals surface area contributed by atoms with E-state index < -0.39 is 32.7 Å². The minimum absolute atomic E-state index is 0.000948. The molecule has 1 aliphatic heterocycles. The SMILES string of the molecule is N#C[C@@H]1CCN(c2ncc(C(F)(F)F)cc2C(=O)Nc2ccnc(S(N)(=O)=O)c2)C1. The standard InChI is InChI=1S/C17H15F3N6O3S/c18-17(19,20)11-5-13(15(24-8-11)26-4-2-10(7-21)9-26)16(27)25-12-1-3-23-14(6-12)30(22,28)29/h1,3,5-6,8,10H,2,4,9H2,(H2,22,28,29)(H,23,25,27)/t10-/m0/s1. The van der Waals surface area contributed by atoms with E-state index >= 15 is 0 Å². The normalized spacial score (nSPS) is 16.9. The Bertz CT molecular complexity index is 1130. The molecule has 1 atom stereocenters. The van der Waals surface area contributed by atoms with Gasteiger partial charge in [-0.2, -0.15) is 18.4 Å². The number of pyridine rings is 2. The van der Waals surface area contributed by atoms with Gasteiger partial charge in [-0.3, -0.25) is 4.79 Å². The molecule has 0 spiro atoms. The van der Waals surface area contributed by atoms with E-state index in [2.05, 4.69) is 21.4 Å². The highest BCUT2D eigenvalue weighted by atomic mass is 32.2. The van der Waals surface area contributed by atoms with Crippen molar-refractivity contribution in [3.63, 3.8) is 0 Å². The van der Waals surface area contributed by atoms with Crippen molar-refractivity contribution in [3.8, 4) is 6.07 Å². The zero-order valence-corrected chi connectivity index (χ0v) is 16.0. The van der Waals surface area contributed by atoms with Gasteiger partial charge in [0.25, 0.3) is 15.9 Å². The highest BCUT2D eigenvalue weighted by Gasteiger charge is 2.34. The Kier molecular flexibility index (Phi) is 5.64. The fourth-order valence-electron chi connectivity index (χ4n) is 2.93. The van der Waals surface area contributed by atoms with Gasteiger partial charge in [-0.1, -0.05) is 0 Å². The third-order valence-electron chi connectivity index (χ3n) is 4.39. The first kappa shape index (κ1) is 21.5. The van der Waals surface area contributed by atoms with Crippen LogP contribution >= 0.6 is 0 Å². The Hall–Kier alpha value is -3.24. The molecule has 30 heavy (non-hydrogen) atoms. The minimum Gasteiger partial charge on any atom is -0.355 e. The summed E-state index contributed by atoms with van der Waals surface area (Å²) in [4.78, 5) is 21.7. The third-order valence-corrected chi connectivity index (χ3v) is 5.20. The number of hydrogen-bond donors (Lipinski definition) is 2. The van der Waals surface area contributed by atoms with E-state index in [1.807, 2.05) is 0 Å². The molecule has 158 valence electrons.